The molecule has 0 radical (unpaired) electrons. The number of carbonyl (C=O) groups excluding carboxylic acids is 3. The number of esters is 1. The topological polar surface area (TPSA) is 168 Å². The number of guanidine groups is 1. The van der Waals surface area contributed by atoms with Crippen molar-refractivity contribution in [3.63, 3.8) is 0 Å². The molecular weight excluding hydrogens is 557 g/mol. The number of nitrogens with one attached hydrogen (secondary N) is 3. The van der Waals surface area contributed by atoms with Crippen LogP contribution < -0.4 is 21.3 Å². The molecule has 5 N–H and O–H groups in total. The summed E-state index contributed by atoms with van der Waals surface area (Å²) in [6.07, 6.45) is -1.04. The van der Waals surface area contributed by atoms with E-state index in [9.17, 15) is 32.8 Å². The highest BCUT2D eigenvalue weighted by atomic mass is 19.4. The summed E-state index contributed by atoms with van der Waals surface area (Å²) in [6.45, 7) is 5.54. The molecule has 1 atom stereocenters. The number of alkyl halides is 3. The van der Waals surface area contributed by atoms with Gasteiger partial charge in [-0.1, -0.05) is 18.7 Å². The van der Waals surface area contributed by atoms with Crippen LogP contribution in [0, 0.1) is 16.7 Å². The zero-order valence-corrected chi connectivity index (χ0v) is 23.4. The number of hydrogen-bond acceptors (Lipinski definition) is 7. The number of primary amides is 1. The van der Waals surface area contributed by atoms with Gasteiger partial charge in [-0.3, -0.25) is 15.2 Å². The molecule has 0 bridgehead atoms. The standard InChI is InChI=1S/C27H31F3N8O4/c1-6-17(15-31)10-11-20(35-26(41)34-12-13-36(3)4)22-21(23(39)42-5)16(2)37(24(32)38(22)25(33)40)19-9-7-8-18(14-19)27(28,29)30/h6-11,14,22,32H,1,12-13H2,2-5H3,(H2,33,40)(H2,34,35,41)/b17-10+,20-11-,32-24?/t22-/m1/s1. The van der Waals surface area contributed by atoms with Crippen LogP contribution in [0.5, 0.6) is 0 Å². The lowest BCUT2D eigenvalue weighted by molar-refractivity contribution is -0.138. The minimum Gasteiger partial charge on any atom is -0.466 e. The molecule has 1 aromatic carbocycles. The molecule has 0 unspecified atom stereocenters. The summed E-state index contributed by atoms with van der Waals surface area (Å²) < 4.78 is 45.4. The molecular formula is C27H31F3N8O4. The van der Waals surface area contributed by atoms with Crippen molar-refractivity contribution >= 4 is 29.7 Å². The SMILES string of the molecule is C=C/C(C#N)=C\C=C(/NC(=O)NCCN(C)C)[C@@H]1C(C(=O)OC)=C(C)N(c2cccc(C(F)(F)F)c2)C(=N)N1C(N)=O. The van der Waals surface area contributed by atoms with Crippen LogP contribution in [0.25, 0.3) is 0 Å². The Bertz CT molecular complexity index is 1390. The fraction of sp³-hybridized carbons (Fsp3) is 0.296. The zero-order chi connectivity index (χ0) is 31.8. The van der Waals surface area contributed by atoms with Gasteiger partial charge in [0, 0.05) is 30.2 Å². The van der Waals surface area contributed by atoms with Gasteiger partial charge < -0.3 is 26.0 Å². The largest absolute Gasteiger partial charge is 0.466 e. The first-order valence-corrected chi connectivity index (χ1v) is 12.3. The molecule has 42 heavy (non-hydrogen) atoms. The lowest BCUT2D eigenvalue weighted by Gasteiger charge is -2.43. The van der Waals surface area contributed by atoms with E-state index in [4.69, 9.17) is 15.9 Å². The minimum absolute atomic E-state index is 0.0461. The predicted molar refractivity (Wildman–Crippen MR) is 149 cm³/mol. The Labute approximate surface area is 240 Å². The first kappa shape index (κ1) is 33.1. The first-order chi connectivity index (χ1) is 19.7. The minimum atomic E-state index is -4.72. The number of hydrogen-bond donors (Lipinski definition) is 4. The number of amides is 4. The van der Waals surface area contributed by atoms with Gasteiger partial charge in [-0.15, -0.1) is 0 Å². The van der Waals surface area contributed by atoms with E-state index in [-0.39, 0.29) is 34.8 Å². The lowest BCUT2D eigenvalue weighted by Crippen LogP contribution is -2.61. The Kier molecular flexibility index (Phi) is 11.0. The Morgan fingerprint density at radius 2 is 1.95 bits per heavy atom. The van der Waals surface area contributed by atoms with Gasteiger partial charge in [0.25, 0.3) is 0 Å². The maximum atomic E-state index is 13.5. The summed E-state index contributed by atoms with van der Waals surface area (Å²) >= 11 is 0. The van der Waals surface area contributed by atoms with E-state index < -0.39 is 41.8 Å². The van der Waals surface area contributed by atoms with E-state index in [1.54, 1.807) is 14.1 Å². The summed E-state index contributed by atoms with van der Waals surface area (Å²) in [7, 11) is 4.62. The third kappa shape index (κ3) is 7.76. The quantitative estimate of drug-likeness (QED) is 0.195. The highest BCUT2D eigenvalue weighted by molar-refractivity contribution is 6.11. The van der Waals surface area contributed by atoms with Crippen LogP contribution in [-0.2, 0) is 15.7 Å². The molecule has 0 fully saturated rings. The average Bonchev–Trinajstić information content (AvgIpc) is 2.91. The Morgan fingerprint density at radius 3 is 2.48 bits per heavy atom. The molecule has 1 aromatic rings. The second-order valence-corrected chi connectivity index (χ2v) is 9.05. The van der Waals surface area contributed by atoms with Crippen LogP contribution in [0.4, 0.5) is 28.4 Å². The van der Waals surface area contributed by atoms with E-state index in [0.717, 1.165) is 30.2 Å². The smallest absolute Gasteiger partial charge is 0.416 e. The Hall–Kier alpha value is -5.10. The molecule has 2 rings (SSSR count). The summed E-state index contributed by atoms with van der Waals surface area (Å²) in [6, 6.07) is 2.16. The number of rotatable bonds is 9. The van der Waals surface area contributed by atoms with E-state index in [0.29, 0.717) is 11.4 Å². The monoisotopic (exact) mass is 588 g/mol. The third-order valence-corrected chi connectivity index (χ3v) is 5.96. The molecule has 0 spiro atoms. The number of halogens is 3. The summed E-state index contributed by atoms with van der Waals surface area (Å²) in [5.41, 5.74) is 3.87. The van der Waals surface area contributed by atoms with Gasteiger partial charge in [0.2, 0.25) is 5.96 Å². The van der Waals surface area contributed by atoms with E-state index in [2.05, 4.69) is 17.2 Å². The second kappa shape index (κ2) is 14.0. The van der Waals surface area contributed by atoms with Gasteiger partial charge in [-0.2, -0.15) is 18.4 Å². The number of methoxy groups -OCH3 is 1. The molecule has 1 aliphatic heterocycles. The van der Waals surface area contributed by atoms with Crippen LogP contribution in [-0.4, -0.2) is 74.1 Å². The molecule has 0 aromatic heterocycles. The molecule has 0 saturated carbocycles. The summed E-state index contributed by atoms with van der Waals surface area (Å²) in [4.78, 5) is 42.2. The number of urea groups is 2. The number of benzene rings is 1. The van der Waals surface area contributed by atoms with Crippen molar-refractivity contribution in [1.29, 1.82) is 10.7 Å². The van der Waals surface area contributed by atoms with Crippen LogP contribution in [0.15, 0.2) is 71.6 Å². The van der Waals surface area contributed by atoms with Gasteiger partial charge in [0.1, 0.15) is 6.04 Å². The highest BCUT2D eigenvalue weighted by Gasteiger charge is 2.45. The van der Waals surface area contributed by atoms with Crippen molar-refractivity contribution in [2.24, 2.45) is 5.73 Å². The van der Waals surface area contributed by atoms with Gasteiger partial charge in [-0.25, -0.2) is 14.4 Å². The fourth-order valence-corrected chi connectivity index (χ4v) is 3.97. The van der Waals surface area contributed by atoms with Crippen LogP contribution >= 0.6 is 0 Å². The van der Waals surface area contributed by atoms with Crippen molar-refractivity contribution in [2.75, 3.05) is 39.2 Å². The van der Waals surface area contributed by atoms with Crippen molar-refractivity contribution < 1.29 is 32.3 Å². The van der Waals surface area contributed by atoms with Crippen molar-refractivity contribution in [1.82, 2.24) is 20.4 Å². The van der Waals surface area contributed by atoms with Crippen LogP contribution in [0.1, 0.15) is 12.5 Å². The highest BCUT2D eigenvalue weighted by Crippen LogP contribution is 2.37. The maximum absolute atomic E-state index is 13.5. The average molecular weight is 589 g/mol. The Morgan fingerprint density at radius 1 is 1.29 bits per heavy atom. The van der Waals surface area contributed by atoms with Crippen LogP contribution in [0.3, 0.4) is 0 Å². The summed E-state index contributed by atoms with van der Waals surface area (Å²) in [5, 5.41) is 23.3. The number of nitrogens with two attached hydrogens (primary N) is 1. The van der Waals surface area contributed by atoms with E-state index >= 15 is 0 Å². The first-order valence-electron chi connectivity index (χ1n) is 12.3. The number of allylic oxidation sites excluding steroid dienone is 5. The van der Waals surface area contributed by atoms with Gasteiger partial charge in [0.05, 0.1) is 29.9 Å². The van der Waals surface area contributed by atoms with Gasteiger partial charge in [0.15, 0.2) is 0 Å². The number of nitrogens with zero attached hydrogens (tertiary/aromatic N) is 4. The Balaban J connectivity index is 2.84. The third-order valence-electron chi connectivity index (χ3n) is 5.96. The number of nitriles is 1. The van der Waals surface area contributed by atoms with Crippen molar-refractivity contribution in [2.45, 2.75) is 19.1 Å². The van der Waals surface area contributed by atoms with Gasteiger partial charge in [-0.05, 0) is 51.4 Å². The van der Waals surface area contributed by atoms with Crippen molar-refractivity contribution in [3.8, 4) is 6.07 Å². The van der Waals surface area contributed by atoms with Crippen LogP contribution in [0.2, 0.25) is 0 Å². The molecule has 12 nitrogen and oxygen atoms in total. The van der Waals surface area contributed by atoms with Gasteiger partial charge >= 0.3 is 24.2 Å². The maximum Gasteiger partial charge on any atom is 0.416 e. The molecule has 15 heteroatoms. The molecule has 224 valence electrons. The molecule has 4 amide bonds. The predicted octanol–water partition coefficient (Wildman–Crippen LogP) is 3.04. The number of ether oxygens (including phenoxy) is 1. The number of likely N-dealkylation sites (N-methyl/N-ethyl adjacent to an activating group) is 1. The molecule has 0 aliphatic carbocycles. The number of carbonyl (C=O) groups is 3. The van der Waals surface area contributed by atoms with E-state index in [1.165, 1.54) is 31.2 Å². The second-order valence-electron chi connectivity index (χ2n) is 9.05. The molecule has 1 aliphatic rings. The molecule has 1 heterocycles. The summed E-state index contributed by atoms with van der Waals surface area (Å²) in [5.74, 6) is -1.74. The van der Waals surface area contributed by atoms with Crippen molar-refractivity contribution in [3.05, 3.63) is 77.2 Å². The normalized spacial score (nSPS) is 16.3. The zero-order valence-electron chi connectivity index (χ0n) is 23.4. The van der Waals surface area contributed by atoms with E-state index in [1.807, 2.05) is 11.0 Å². The molecule has 0 saturated heterocycles. The number of anilines is 1. The fourth-order valence-electron chi connectivity index (χ4n) is 3.97. The lowest BCUT2D eigenvalue weighted by atomic mass is 9.95.